The minimum atomic E-state index is -0.341. The summed E-state index contributed by atoms with van der Waals surface area (Å²) in [7, 11) is 1.91. The maximum atomic E-state index is 11.8. The van der Waals surface area contributed by atoms with Crippen molar-refractivity contribution in [3.8, 4) is 0 Å². The molecule has 0 bridgehead atoms. The smallest absolute Gasteiger partial charge is 0.237 e. The Morgan fingerprint density at radius 2 is 2.20 bits per heavy atom. The molecular formula is C11H22N2O2. The summed E-state index contributed by atoms with van der Waals surface area (Å²) in [5.74, 6) is 0.0940. The summed E-state index contributed by atoms with van der Waals surface area (Å²) >= 11 is 0. The fourth-order valence-corrected chi connectivity index (χ4v) is 1.83. The second kappa shape index (κ2) is 4.94. The largest absolute Gasteiger partial charge is 0.394 e. The molecule has 1 aliphatic heterocycles. The molecule has 0 aliphatic carbocycles. The maximum Gasteiger partial charge on any atom is 0.237 e. The lowest BCUT2D eigenvalue weighted by Gasteiger charge is -2.38. The summed E-state index contributed by atoms with van der Waals surface area (Å²) in [5, 5.41) is 12.2. The average Bonchev–Trinajstić information content (AvgIpc) is 2.41. The Balaban J connectivity index is 2.71. The summed E-state index contributed by atoms with van der Waals surface area (Å²) in [6.45, 7) is 4.74. The number of amides is 1. The van der Waals surface area contributed by atoms with Gasteiger partial charge in [-0.1, -0.05) is 0 Å². The highest BCUT2D eigenvalue weighted by Crippen LogP contribution is 2.19. The van der Waals surface area contributed by atoms with Gasteiger partial charge in [-0.3, -0.25) is 9.69 Å². The molecular weight excluding hydrogens is 192 g/mol. The van der Waals surface area contributed by atoms with Crippen molar-refractivity contribution < 1.29 is 9.90 Å². The van der Waals surface area contributed by atoms with Gasteiger partial charge in [0.25, 0.3) is 0 Å². The molecule has 1 fully saturated rings. The number of hydrogen-bond acceptors (Lipinski definition) is 3. The van der Waals surface area contributed by atoms with Crippen molar-refractivity contribution in [2.24, 2.45) is 0 Å². The van der Waals surface area contributed by atoms with E-state index in [-0.39, 0.29) is 24.1 Å². The van der Waals surface area contributed by atoms with Crippen LogP contribution in [0.5, 0.6) is 0 Å². The Morgan fingerprint density at radius 1 is 1.53 bits per heavy atom. The minimum Gasteiger partial charge on any atom is -0.394 e. The van der Waals surface area contributed by atoms with Crippen LogP contribution in [0.25, 0.3) is 0 Å². The second-order valence-corrected chi connectivity index (χ2v) is 4.88. The third-order valence-electron chi connectivity index (χ3n) is 3.32. The number of rotatable bonds is 3. The van der Waals surface area contributed by atoms with Crippen LogP contribution in [0, 0.1) is 0 Å². The molecule has 0 aromatic rings. The molecule has 1 rings (SSSR count). The predicted octanol–water partition coefficient (Wildman–Crippen LogP) is 0.358. The van der Waals surface area contributed by atoms with Gasteiger partial charge in [0.2, 0.25) is 5.91 Å². The van der Waals surface area contributed by atoms with Gasteiger partial charge in [0.15, 0.2) is 0 Å². The molecule has 1 saturated heterocycles. The van der Waals surface area contributed by atoms with Gasteiger partial charge in [-0.25, -0.2) is 0 Å². The monoisotopic (exact) mass is 214 g/mol. The van der Waals surface area contributed by atoms with E-state index in [0.29, 0.717) is 0 Å². The predicted molar refractivity (Wildman–Crippen MR) is 59.6 cm³/mol. The molecule has 1 atom stereocenters. The number of nitrogens with one attached hydrogen (secondary N) is 1. The lowest BCUT2D eigenvalue weighted by Crippen LogP contribution is -2.54. The van der Waals surface area contributed by atoms with Gasteiger partial charge in [0.1, 0.15) is 0 Å². The van der Waals surface area contributed by atoms with Crippen LogP contribution in [0.15, 0.2) is 0 Å². The standard InChI is InChI=1S/C11H22N2O2/c1-11(2,8-14)13(3)9-6-4-5-7-12-10(9)15/h9,14H,4-8H2,1-3H3,(H,12,15). The van der Waals surface area contributed by atoms with Crippen LogP contribution in [-0.4, -0.2) is 47.7 Å². The normalized spacial score (nSPS) is 23.8. The Hall–Kier alpha value is -0.610. The number of carbonyl (C=O) groups is 1. The number of aliphatic hydroxyl groups is 1. The Labute approximate surface area is 91.6 Å². The zero-order chi connectivity index (χ0) is 11.5. The summed E-state index contributed by atoms with van der Waals surface area (Å²) < 4.78 is 0. The summed E-state index contributed by atoms with van der Waals surface area (Å²) in [5.41, 5.74) is -0.341. The lowest BCUT2D eigenvalue weighted by molar-refractivity contribution is -0.128. The van der Waals surface area contributed by atoms with Gasteiger partial charge >= 0.3 is 0 Å². The molecule has 1 aliphatic rings. The molecule has 15 heavy (non-hydrogen) atoms. The zero-order valence-electron chi connectivity index (χ0n) is 9.92. The Morgan fingerprint density at radius 3 is 2.80 bits per heavy atom. The van der Waals surface area contributed by atoms with Gasteiger partial charge < -0.3 is 10.4 Å². The first-order chi connectivity index (χ1) is 6.99. The van der Waals surface area contributed by atoms with E-state index in [1.165, 1.54) is 0 Å². The lowest BCUT2D eigenvalue weighted by atomic mass is 9.99. The molecule has 0 radical (unpaired) electrons. The van der Waals surface area contributed by atoms with Gasteiger partial charge in [-0.15, -0.1) is 0 Å². The van der Waals surface area contributed by atoms with Gasteiger partial charge in [0, 0.05) is 12.1 Å². The maximum absolute atomic E-state index is 11.8. The van der Waals surface area contributed by atoms with Crippen molar-refractivity contribution in [1.82, 2.24) is 10.2 Å². The quantitative estimate of drug-likeness (QED) is 0.713. The van der Waals surface area contributed by atoms with E-state index >= 15 is 0 Å². The highest BCUT2D eigenvalue weighted by molar-refractivity contribution is 5.82. The van der Waals surface area contributed by atoms with E-state index in [2.05, 4.69) is 5.32 Å². The first kappa shape index (κ1) is 12.5. The van der Waals surface area contributed by atoms with E-state index in [4.69, 9.17) is 0 Å². The molecule has 0 aromatic heterocycles. The average molecular weight is 214 g/mol. The van der Waals surface area contributed by atoms with Crippen molar-refractivity contribution in [1.29, 1.82) is 0 Å². The fraction of sp³-hybridized carbons (Fsp3) is 0.909. The van der Waals surface area contributed by atoms with Crippen LogP contribution in [0.3, 0.4) is 0 Å². The SMILES string of the molecule is CN(C1CCCCNC1=O)C(C)(C)CO. The van der Waals surface area contributed by atoms with Gasteiger partial charge in [-0.2, -0.15) is 0 Å². The summed E-state index contributed by atoms with van der Waals surface area (Å²) in [6.07, 6.45) is 3.00. The van der Waals surface area contributed by atoms with Crippen LogP contribution in [0.4, 0.5) is 0 Å². The van der Waals surface area contributed by atoms with E-state index in [9.17, 15) is 9.90 Å². The molecule has 88 valence electrons. The van der Waals surface area contributed by atoms with E-state index in [1.54, 1.807) is 0 Å². The highest BCUT2D eigenvalue weighted by Gasteiger charge is 2.33. The number of hydrogen-bond donors (Lipinski definition) is 2. The molecule has 0 spiro atoms. The number of nitrogens with zero attached hydrogens (tertiary/aromatic N) is 1. The molecule has 2 N–H and O–H groups in total. The summed E-state index contributed by atoms with van der Waals surface area (Å²) in [4.78, 5) is 13.8. The number of likely N-dealkylation sites (N-methyl/N-ethyl adjacent to an activating group) is 1. The van der Waals surface area contributed by atoms with Crippen molar-refractivity contribution in [3.05, 3.63) is 0 Å². The molecule has 4 nitrogen and oxygen atoms in total. The third-order valence-corrected chi connectivity index (χ3v) is 3.32. The van der Waals surface area contributed by atoms with Crippen molar-refractivity contribution in [2.75, 3.05) is 20.2 Å². The number of carbonyl (C=O) groups excluding carboxylic acids is 1. The van der Waals surface area contributed by atoms with Crippen molar-refractivity contribution in [2.45, 2.75) is 44.7 Å². The van der Waals surface area contributed by atoms with E-state index < -0.39 is 0 Å². The summed E-state index contributed by atoms with van der Waals surface area (Å²) in [6, 6.07) is -0.102. The second-order valence-electron chi connectivity index (χ2n) is 4.88. The molecule has 0 saturated carbocycles. The van der Waals surface area contributed by atoms with Gasteiger partial charge in [0.05, 0.1) is 12.6 Å². The molecule has 4 heteroatoms. The van der Waals surface area contributed by atoms with Gasteiger partial charge in [-0.05, 0) is 40.2 Å². The van der Waals surface area contributed by atoms with E-state index in [0.717, 1.165) is 25.8 Å². The molecule has 1 unspecified atom stereocenters. The Kier molecular flexibility index (Phi) is 4.11. The van der Waals surface area contributed by atoms with Crippen LogP contribution >= 0.6 is 0 Å². The van der Waals surface area contributed by atoms with Crippen LogP contribution in [0.2, 0.25) is 0 Å². The van der Waals surface area contributed by atoms with E-state index in [1.807, 2.05) is 25.8 Å². The fourth-order valence-electron chi connectivity index (χ4n) is 1.83. The van der Waals surface area contributed by atoms with Crippen molar-refractivity contribution >= 4 is 5.91 Å². The molecule has 0 aromatic carbocycles. The van der Waals surface area contributed by atoms with Crippen LogP contribution in [0.1, 0.15) is 33.1 Å². The van der Waals surface area contributed by atoms with Crippen molar-refractivity contribution in [3.63, 3.8) is 0 Å². The first-order valence-corrected chi connectivity index (χ1v) is 5.60. The molecule has 1 amide bonds. The topological polar surface area (TPSA) is 52.6 Å². The third kappa shape index (κ3) is 2.92. The van der Waals surface area contributed by atoms with Crippen LogP contribution in [-0.2, 0) is 4.79 Å². The molecule has 1 heterocycles. The Bertz CT molecular complexity index is 229. The van der Waals surface area contributed by atoms with Crippen LogP contribution < -0.4 is 5.32 Å². The highest BCUT2D eigenvalue weighted by atomic mass is 16.3. The zero-order valence-corrected chi connectivity index (χ0v) is 9.92. The number of aliphatic hydroxyl groups excluding tert-OH is 1. The first-order valence-electron chi connectivity index (χ1n) is 5.60. The minimum absolute atomic E-state index is 0.0628.